The van der Waals surface area contributed by atoms with Gasteiger partial charge in [-0.25, -0.2) is 8.78 Å². The van der Waals surface area contributed by atoms with Crippen LogP contribution in [0, 0.1) is 0 Å². The maximum Gasteiger partial charge on any atom is 0.315 e. The molecule has 0 atom stereocenters. The molecule has 3 nitrogen and oxygen atoms in total. The number of alkyl halides is 2. The molecule has 1 aliphatic heterocycles. The van der Waals surface area contributed by atoms with Crippen molar-refractivity contribution in [2.24, 2.45) is 0 Å². The summed E-state index contributed by atoms with van der Waals surface area (Å²) < 4.78 is 38.1. The summed E-state index contributed by atoms with van der Waals surface area (Å²) in [4.78, 5) is 11.9. The number of carbonyl (C=O) groups excluding carboxylic acids is 1. The molecule has 0 spiro atoms. The normalized spacial score (nSPS) is 15.5. The molecule has 3 rings (SSSR count). The van der Waals surface area contributed by atoms with Crippen molar-refractivity contribution < 1.29 is 23.0 Å². The first kappa shape index (κ1) is 14.5. The highest BCUT2D eigenvalue weighted by atomic mass is 19.3. The van der Waals surface area contributed by atoms with Crippen molar-refractivity contribution in [1.29, 1.82) is 0 Å². The van der Waals surface area contributed by atoms with Crippen LogP contribution >= 0.6 is 0 Å². The lowest BCUT2D eigenvalue weighted by Crippen LogP contribution is -2.24. The van der Waals surface area contributed by atoms with E-state index in [1.807, 2.05) is 6.07 Å². The molecule has 0 saturated heterocycles. The Morgan fingerprint density at radius 2 is 1.95 bits per heavy atom. The maximum atomic E-state index is 13.9. The fourth-order valence-electron chi connectivity index (χ4n) is 2.35. The Hall–Kier alpha value is -2.43. The van der Waals surface area contributed by atoms with Gasteiger partial charge in [0, 0.05) is 0 Å². The number of fused-ring (bicyclic) bond motifs is 1. The first-order valence-corrected chi connectivity index (χ1v) is 6.94. The summed E-state index contributed by atoms with van der Waals surface area (Å²) >= 11 is 0. The highest BCUT2D eigenvalue weighted by Gasteiger charge is 2.38. The molecule has 0 bridgehead atoms. The fourth-order valence-corrected chi connectivity index (χ4v) is 2.35. The van der Waals surface area contributed by atoms with Gasteiger partial charge in [-0.1, -0.05) is 24.3 Å². The Morgan fingerprint density at radius 1 is 1.18 bits per heavy atom. The van der Waals surface area contributed by atoms with Gasteiger partial charge in [-0.2, -0.15) is 0 Å². The number of benzene rings is 2. The van der Waals surface area contributed by atoms with E-state index in [1.54, 1.807) is 30.3 Å². The van der Waals surface area contributed by atoms with Crippen LogP contribution in [-0.4, -0.2) is 12.6 Å². The smallest absolute Gasteiger partial charge is 0.315 e. The van der Waals surface area contributed by atoms with Crippen LogP contribution in [0.3, 0.4) is 0 Å². The molecule has 0 aromatic heterocycles. The minimum atomic E-state index is -2.92. The Morgan fingerprint density at radius 3 is 2.73 bits per heavy atom. The van der Waals surface area contributed by atoms with Crippen LogP contribution in [0.25, 0.3) is 0 Å². The highest BCUT2D eigenvalue weighted by molar-refractivity contribution is 5.75. The van der Waals surface area contributed by atoms with E-state index < -0.39 is 11.9 Å². The fraction of sp³-hybridized carbons (Fsp3) is 0.235. The standard InChI is InChI=1S/C17H14F2O3/c18-17(19)8-9-21-15-7-6-12(10-14(15)17)11-16(20)22-13-4-2-1-3-5-13/h1-7,10H,8-9,11H2. The van der Waals surface area contributed by atoms with Crippen molar-refractivity contribution in [3.8, 4) is 11.5 Å². The number of rotatable bonds is 3. The minimum Gasteiger partial charge on any atom is -0.493 e. The number of para-hydroxylation sites is 1. The number of hydrogen-bond acceptors (Lipinski definition) is 3. The predicted octanol–water partition coefficient (Wildman–Crippen LogP) is 3.71. The van der Waals surface area contributed by atoms with Gasteiger partial charge in [0.15, 0.2) is 0 Å². The summed E-state index contributed by atoms with van der Waals surface area (Å²) in [5, 5.41) is 0. The first-order valence-electron chi connectivity index (χ1n) is 6.94. The molecule has 2 aromatic carbocycles. The van der Waals surface area contributed by atoms with E-state index in [0.717, 1.165) is 0 Å². The van der Waals surface area contributed by atoms with Crippen molar-refractivity contribution in [1.82, 2.24) is 0 Å². The van der Waals surface area contributed by atoms with Crippen molar-refractivity contribution in [3.63, 3.8) is 0 Å². The third-order valence-corrected chi connectivity index (χ3v) is 3.43. The number of carbonyl (C=O) groups is 1. The zero-order valence-corrected chi connectivity index (χ0v) is 11.7. The Kier molecular flexibility index (Phi) is 3.79. The molecule has 0 unspecified atom stereocenters. The van der Waals surface area contributed by atoms with Gasteiger partial charge in [0.25, 0.3) is 5.92 Å². The quantitative estimate of drug-likeness (QED) is 0.640. The topological polar surface area (TPSA) is 35.5 Å². The molecule has 0 aliphatic carbocycles. The highest BCUT2D eigenvalue weighted by Crippen LogP contribution is 2.41. The minimum absolute atomic E-state index is 0.00457. The van der Waals surface area contributed by atoms with Crippen molar-refractivity contribution in [3.05, 3.63) is 59.7 Å². The van der Waals surface area contributed by atoms with E-state index in [2.05, 4.69) is 0 Å². The van der Waals surface area contributed by atoms with E-state index in [1.165, 1.54) is 12.1 Å². The number of esters is 1. The predicted molar refractivity (Wildman–Crippen MR) is 76.2 cm³/mol. The summed E-state index contributed by atoms with van der Waals surface area (Å²) in [6, 6.07) is 13.0. The van der Waals surface area contributed by atoms with E-state index in [4.69, 9.17) is 9.47 Å². The Bertz CT molecular complexity index is 684. The van der Waals surface area contributed by atoms with Crippen LogP contribution in [0.1, 0.15) is 17.5 Å². The van der Waals surface area contributed by atoms with Crippen LogP contribution in [0.5, 0.6) is 11.5 Å². The average Bonchev–Trinajstić information content (AvgIpc) is 2.48. The molecule has 5 heteroatoms. The van der Waals surface area contributed by atoms with Gasteiger partial charge in [-0.05, 0) is 29.8 Å². The summed E-state index contributed by atoms with van der Waals surface area (Å²) in [6.45, 7) is -0.00457. The second kappa shape index (κ2) is 5.75. The molecular weight excluding hydrogens is 290 g/mol. The summed E-state index contributed by atoms with van der Waals surface area (Å²) in [5.74, 6) is -2.81. The zero-order chi connectivity index (χ0) is 15.6. The lowest BCUT2D eigenvalue weighted by molar-refractivity contribution is -0.133. The maximum absolute atomic E-state index is 13.9. The van der Waals surface area contributed by atoms with Gasteiger partial charge in [0.1, 0.15) is 11.5 Å². The average molecular weight is 304 g/mol. The number of halogens is 2. The van der Waals surface area contributed by atoms with Crippen LogP contribution in [-0.2, 0) is 17.1 Å². The molecule has 2 aromatic rings. The van der Waals surface area contributed by atoms with Crippen LogP contribution in [0.15, 0.2) is 48.5 Å². The van der Waals surface area contributed by atoms with Crippen LogP contribution < -0.4 is 9.47 Å². The van der Waals surface area contributed by atoms with E-state index in [-0.39, 0.29) is 30.8 Å². The van der Waals surface area contributed by atoms with Crippen LogP contribution in [0.2, 0.25) is 0 Å². The lowest BCUT2D eigenvalue weighted by Gasteiger charge is -2.25. The Labute approximate surface area is 126 Å². The molecule has 0 amide bonds. The second-order valence-corrected chi connectivity index (χ2v) is 5.10. The summed E-state index contributed by atoms with van der Waals surface area (Å²) in [7, 11) is 0. The van der Waals surface area contributed by atoms with Crippen molar-refractivity contribution >= 4 is 5.97 Å². The van der Waals surface area contributed by atoms with E-state index in [0.29, 0.717) is 11.3 Å². The molecular formula is C17H14F2O3. The van der Waals surface area contributed by atoms with Gasteiger partial charge in [0.2, 0.25) is 0 Å². The van der Waals surface area contributed by atoms with Crippen molar-refractivity contribution in [2.75, 3.05) is 6.61 Å². The number of ether oxygens (including phenoxy) is 2. The van der Waals surface area contributed by atoms with Gasteiger partial charge in [0.05, 0.1) is 25.0 Å². The van der Waals surface area contributed by atoms with E-state index in [9.17, 15) is 13.6 Å². The first-order chi connectivity index (χ1) is 10.5. The van der Waals surface area contributed by atoms with E-state index >= 15 is 0 Å². The molecule has 1 heterocycles. The SMILES string of the molecule is O=C(Cc1ccc2c(c1)C(F)(F)CCO2)Oc1ccccc1. The summed E-state index contributed by atoms with van der Waals surface area (Å²) in [6.07, 6.45) is -0.420. The van der Waals surface area contributed by atoms with Gasteiger partial charge in [-0.15, -0.1) is 0 Å². The molecule has 0 N–H and O–H groups in total. The van der Waals surface area contributed by atoms with Gasteiger partial charge < -0.3 is 9.47 Å². The van der Waals surface area contributed by atoms with Gasteiger partial charge in [-0.3, -0.25) is 4.79 Å². The molecule has 0 radical (unpaired) electrons. The lowest BCUT2D eigenvalue weighted by atomic mass is 9.98. The largest absolute Gasteiger partial charge is 0.493 e. The molecule has 0 fully saturated rings. The third-order valence-electron chi connectivity index (χ3n) is 3.43. The van der Waals surface area contributed by atoms with Gasteiger partial charge >= 0.3 is 5.97 Å². The number of hydrogen-bond donors (Lipinski definition) is 0. The van der Waals surface area contributed by atoms with Crippen molar-refractivity contribution in [2.45, 2.75) is 18.8 Å². The molecule has 0 saturated carbocycles. The second-order valence-electron chi connectivity index (χ2n) is 5.10. The molecule has 22 heavy (non-hydrogen) atoms. The zero-order valence-electron chi connectivity index (χ0n) is 11.7. The molecule has 1 aliphatic rings. The van der Waals surface area contributed by atoms with Crippen LogP contribution in [0.4, 0.5) is 8.78 Å². The molecule has 114 valence electrons. The summed E-state index contributed by atoms with van der Waals surface area (Å²) in [5.41, 5.74) is 0.314. The third kappa shape index (κ3) is 3.08. The monoisotopic (exact) mass is 304 g/mol. The Balaban J connectivity index is 1.75.